The molecule has 0 aliphatic rings. The van der Waals surface area contributed by atoms with Crippen LogP contribution in [0.2, 0.25) is 5.15 Å². The van der Waals surface area contributed by atoms with Crippen LogP contribution in [-0.4, -0.2) is 15.9 Å². The number of aryl methyl sites for hydroxylation is 1. The second-order valence-electron chi connectivity index (χ2n) is 4.56. The summed E-state index contributed by atoms with van der Waals surface area (Å²) in [4.78, 5) is 20.6. The van der Waals surface area contributed by atoms with Gasteiger partial charge in [0.15, 0.2) is 0 Å². The molecule has 3 rings (SSSR count). The fraction of sp³-hybridized carbons (Fsp3) is 0.133. The van der Waals surface area contributed by atoms with E-state index in [1.54, 1.807) is 17.4 Å². The molecule has 0 saturated carbocycles. The number of hydrogen-bond donors (Lipinski definition) is 1. The number of thiazole rings is 1. The smallest absolute Gasteiger partial charge is 0.270 e. The number of rotatable bonds is 3. The van der Waals surface area contributed by atoms with Crippen LogP contribution >= 0.6 is 22.9 Å². The zero-order valence-electron chi connectivity index (χ0n) is 11.3. The standard InChI is InChI=1S/C15H12ClN3OS/c1-9-18-11(8-21-9)7-17-15(20)13-6-10-4-2-3-5-12(10)14(16)19-13/h2-6,8H,7H2,1H3,(H,17,20). The highest BCUT2D eigenvalue weighted by atomic mass is 35.5. The molecule has 2 heterocycles. The number of halogens is 1. The summed E-state index contributed by atoms with van der Waals surface area (Å²) < 4.78 is 0. The van der Waals surface area contributed by atoms with Gasteiger partial charge in [-0.15, -0.1) is 11.3 Å². The molecule has 0 fully saturated rings. The van der Waals surface area contributed by atoms with E-state index in [-0.39, 0.29) is 5.91 Å². The molecule has 1 aromatic carbocycles. The first kappa shape index (κ1) is 14.0. The molecule has 3 aromatic rings. The van der Waals surface area contributed by atoms with Crippen molar-refractivity contribution >= 4 is 39.6 Å². The van der Waals surface area contributed by atoms with Crippen LogP contribution in [0.1, 0.15) is 21.2 Å². The molecule has 106 valence electrons. The van der Waals surface area contributed by atoms with Crippen molar-refractivity contribution in [3.05, 3.63) is 57.3 Å². The maximum atomic E-state index is 12.2. The van der Waals surface area contributed by atoms with Crippen molar-refractivity contribution in [1.82, 2.24) is 15.3 Å². The van der Waals surface area contributed by atoms with Crippen molar-refractivity contribution < 1.29 is 4.79 Å². The Labute approximate surface area is 130 Å². The molecule has 1 N–H and O–H groups in total. The molecule has 0 saturated heterocycles. The van der Waals surface area contributed by atoms with Gasteiger partial charge in [0.25, 0.3) is 5.91 Å². The fourth-order valence-electron chi connectivity index (χ4n) is 2.02. The number of amides is 1. The molecule has 4 nitrogen and oxygen atoms in total. The van der Waals surface area contributed by atoms with E-state index >= 15 is 0 Å². The minimum Gasteiger partial charge on any atom is -0.345 e. The van der Waals surface area contributed by atoms with Crippen LogP contribution < -0.4 is 5.32 Å². The predicted molar refractivity (Wildman–Crippen MR) is 84.8 cm³/mol. The van der Waals surface area contributed by atoms with Crippen molar-refractivity contribution in [2.45, 2.75) is 13.5 Å². The minimum atomic E-state index is -0.256. The average molecular weight is 318 g/mol. The maximum absolute atomic E-state index is 12.2. The number of hydrogen-bond acceptors (Lipinski definition) is 4. The third-order valence-electron chi connectivity index (χ3n) is 3.02. The summed E-state index contributed by atoms with van der Waals surface area (Å²) in [6.07, 6.45) is 0. The van der Waals surface area contributed by atoms with Gasteiger partial charge in [-0.25, -0.2) is 9.97 Å². The lowest BCUT2D eigenvalue weighted by atomic mass is 10.1. The molecule has 0 unspecified atom stereocenters. The second kappa shape index (κ2) is 5.79. The fourth-order valence-corrected chi connectivity index (χ4v) is 2.90. The van der Waals surface area contributed by atoms with Gasteiger partial charge in [0.2, 0.25) is 0 Å². The average Bonchev–Trinajstić information content (AvgIpc) is 2.90. The van der Waals surface area contributed by atoms with Crippen LogP contribution in [0.5, 0.6) is 0 Å². The van der Waals surface area contributed by atoms with Gasteiger partial charge in [-0.05, 0) is 18.4 Å². The van der Waals surface area contributed by atoms with Crippen molar-refractivity contribution in [2.75, 3.05) is 0 Å². The Morgan fingerprint density at radius 2 is 2.14 bits per heavy atom. The van der Waals surface area contributed by atoms with E-state index in [2.05, 4.69) is 15.3 Å². The number of nitrogens with one attached hydrogen (secondary N) is 1. The van der Waals surface area contributed by atoms with E-state index in [1.807, 2.05) is 36.6 Å². The van der Waals surface area contributed by atoms with Crippen LogP contribution in [0.3, 0.4) is 0 Å². The van der Waals surface area contributed by atoms with Crippen molar-refractivity contribution in [1.29, 1.82) is 0 Å². The SMILES string of the molecule is Cc1nc(CNC(=O)c2cc3ccccc3c(Cl)n2)cs1. The Balaban J connectivity index is 1.81. The van der Waals surface area contributed by atoms with Crippen molar-refractivity contribution in [3.63, 3.8) is 0 Å². The largest absolute Gasteiger partial charge is 0.345 e. The van der Waals surface area contributed by atoms with E-state index in [0.717, 1.165) is 21.5 Å². The summed E-state index contributed by atoms with van der Waals surface area (Å²) in [7, 11) is 0. The van der Waals surface area contributed by atoms with E-state index in [4.69, 9.17) is 11.6 Å². The lowest BCUT2D eigenvalue weighted by Crippen LogP contribution is -2.24. The Bertz CT molecular complexity index is 816. The number of carbonyl (C=O) groups is 1. The number of nitrogens with zero attached hydrogens (tertiary/aromatic N) is 2. The first-order valence-electron chi connectivity index (χ1n) is 6.38. The maximum Gasteiger partial charge on any atom is 0.270 e. The second-order valence-corrected chi connectivity index (χ2v) is 5.98. The van der Waals surface area contributed by atoms with E-state index < -0.39 is 0 Å². The zero-order chi connectivity index (χ0) is 14.8. The normalized spacial score (nSPS) is 10.8. The Morgan fingerprint density at radius 1 is 1.33 bits per heavy atom. The topological polar surface area (TPSA) is 54.9 Å². The van der Waals surface area contributed by atoms with Gasteiger partial charge in [-0.1, -0.05) is 35.9 Å². The molecule has 0 radical (unpaired) electrons. The van der Waals surface area contributed by atoms with Gasteiger partial charge in [0.05, 0.1) is 17.2 Å². The lowest BCUT2D eigenvalue weighted by molar-refractivity contribution is 0.0945. The number of pyridine rings is 1. The monoisotopic (exact) mass is 317 g/mol. The van der Waals surface area contributed by atoms with Crippen LogP contribution in [0.15, 0.2) is 35.7 Å². The first-order valence-corrected chi connectivity index (χ1v) is 7.64. The molecule has 0 atom stereocenters. The van der Waals surface area contributed by atoms with Gasteiger partial charge < -0.3 is 5.32 Å². The van der Waals surface area contributed by atoms with Crippen LogP contribution in [0, 0.1) is 6.92 Å². The highest BCUT2D eigenvalue weighted by molar-refractivity contribution is 7.09. The molecule has 0 aliphatic carbocycles. The van der Waals surface area contributed by atoms with Gasteiger partial charge in [0, 0.05) is 10.8 Å². The highest BCUT2D eigenvalue weighted by Gasteiger charge is 2.11. The molecule has 6 heteroatoms. The van der Waals surface area contributed by atoms with E-state index in [1.165, 1.54) is 0 Å². The molecule has 0 spiro atoms. The van der Waals surface area contributed by atoms with Crippen LogP contribution in [0.4, 0.5) is 0 Å². The predicted octanol–water partition coefficient (Wildman–Crippen LogP) is 3.58. The van der Waals surface area contributed by atoms with Gasteiger partial charge >= 0.3 is 0 Å². The molecule has 0 bridgehead atoms. The molecular formula is C15H12ClN3OS. The summed E-state index contributed by atoms with van der Waals surface area (Å²) in [6, 6.07) is 9.31. The summed E-state index contributed by atoms with van der Waals surface area (Å²) in [6.45, 7) is 2.32. The Morgan fingerprint density at radius 3 is 2.90 bits per heavy atom. The van der Waals surface area contributed by atoms with E-state index in [0.29, 0.717) is 17.4 Å². The highest BCUT2D eigenvalue weighted by Crippen LogP contribution is 2.22. The number of carbonyl (C=O) groups excluding carboxylic acids is 1. The summed E-state index contributed by atoms with van der Waals surface area (Å²) in [5.41, 5.74) is 1.16. The summed E-state index contributed by atoms with van der Waals surface area (Å²) >= 11 is 7.68. The molecule has 1 amide bonds. The zero-order valence-corrected chi connectivity index (χ0v) is 12.8. The number of fused-ring (bicyclic) bond motifs is 1. The Hall–Kier alpha value is -1.98. The lowest BCUT2D eigenvalue weighted by Gasteiger charge is -2.06. The quantitative estimate of drug-likeness (QED) is 0.751. The van der Waals surface area contributed by atoms with E-state index in [9.17, 15) is 4.79 Å². The number of benzene rings is 1. The minimum absolute atomic E-state index is 0.256. The van der Waals surface area contributed by atoms with Crippen LogP contribution in [-0.2, 0) is 6.54 Å². The first-order chi connectivity index (χ1) is 10.1. The molecular weight excluding hydrogens is 306 g/mol. The molecule has 0 aliphatic heterocycles. The van der Waals surface area contributed by atoms with Gasteiger partial charge in [0.1, 0.15) is 10.8 Å². The third-order valence-corrected chi connectivity index (χ3v) is 4.13. The van der Waals surface area contributed by atoms with Crippen molar-refractivity contribution in [3.8, 4) is 0 Å². The summed E-state index contributed by atoms with van der Waals surface area (Å²) in [5, 5.41) is 7.78. The number of aromatic nitrogens is 2. The Kier molecular flexibility index (Phi) is 3.86. The van der Waals surface area contributed by atoms with Crippen LogP contribution in [0.25, 0.3) is 10.8 Å². The summed E-state index contributed by atoms with van der Waals surface area (Å²) in [5.74, 6) is -0.256. The van der Waals surface area contributed by atoms with Crippen molar-refractivity contribution in [2.24, 2.45) is 0 Å². The molecule has 21 heavy (non-hydrogen) atoms. The molecule has 2 aromatic heterocycles. The van der Waals surface area contributed by atoms with Gasteiger partial charge in [-0.2, -0.15) is 0 Å². The third kappa shape index (κ3) is 3.04. The van der Waals surface area contributed by atoms with Gasteiger partial charge in [-0.3, -0.25) is 4.79 Å².